The molecule has 0 saturated heterocycles. The zero-order valence-corrected chi connectivity index (χ0v) is 10.1. The Hall–Kier alpha value is -0.810. The third kappa shape index (κ3) is 2.86. The molecule has 3 rings (SSSR count). The predicted molar refractivity (Wildman–Crippen MR) is 66.6 cm³/mol. The average Bonchev–Trinajstić information content (AvgIpc) is 2.28. The fourth-order valence-electron chi connectivity index (χ4n) is 1.61. The zero-order chi connectivity index (χ0) is 11.4. The quantitative estimate of drug-likeness (QED) is 0.710. The van der Waals surface area contributed by atoms with Crippen molar-refractivity contribution in [1.82, 2.24) is 9.97 Å². The Morgan fingerprint density at radius 1 is 1.50 bits per heavy atom. The average molecular weight is 239 g/mol. The standard InChI is InChI=1S/C7H8N2OS.C4H9N/c10-7-5-3-11-2-1-6(5)8-4-9-7;5-4-2-1-3-4/h4H,1-3H2,(H,8,9,10);4H,1-3,5H2. The SMILES string of the molecule is NC1CCC1.O=c1[nH]cnc2c1CSCC2. The van der Waals surface area contributed by atoms with Crippen LogP contribution >= 0.6 is 11.8 Å². The number of aromatic nitrogens is 2. The van der Waals surface area contributed by atoms with E-state index in [1.165, 1.54) is 25.6 Å². The molecule has 1 aromatic rings. The number of hydrogen-bond donors (Lipinski definition) is 2. The van der Waals surface area contributed by atoms with Crippen molar-refractivity contribution in [3.8, 4) is 0 Å². The molecule has 0 spiro atoms. The number of nitrogens with two attached hydrogens (primary N) is 1. The van der Waals surface area contributed by atoms with Crippen molar-refractivity contribution in [3.63, 3.8) is 0 Å². The molecule has 0 aromatic carbocycles. The first-order valence-corrected chi connectivity index (χ1v) is 6.81. The van der Waals surface area contributed by atoms with E-state index in [0.717, 1.165) is 29.2 Å². The molecule has 16 heavy (non-hydrogen) atoms. The first-order chi connectivity index (χ1) is 7.77. The summed E-state index contributed by atoms with van der Waals surface area (Å²) in [5.74, 6) is 1.90. The van der Waals surface area contributed by atoms with Crippen LogP contribution in [0.2, 0.25) is 0 Å². The van der Waals surface area contributed by atoms with E-state index in [0.29, 0.717) is 6.04 Å². The van der Waals surface area contributed by atoms with Crippen LogP contribution in [0.5, 0.6) is 0 Å². The van der Waals surface area contributed by atoms with Gasteiger partial charge in [-0.25, -0.2) is 4.98 Å². The molecule has 88 valence electrons. The van der Waals surface area contributed by atoms with Crippen molar-refractivity contribution >= 4 is 11.8 Å². The van der Waals surface area contributed by atoms with Crippen molar-refractivity contribution in [2.75, 3.05) is 5.75 Å². The summed E-state index contributed by atoms with van der Waals surface area (Å²) in [6.07, 6.45) is 6.31. The zero-order valence-electron chi connectivity index (χ0n) is 9.24. The summed E-state index contributed by atoms with van der Waals surface area (Å²) < 4.78 is 0. The van der Waals surface area contributed by atoms with E-state index in [1.807, 2.05) is 0 Å². The van der Waals surface area contributed by atoms with Crippen molar-refractivity contribution < 1.29 is 0 Å². The molecule has 2 heterocycles. The Morgan fingerprint density at radius 2 is 2.25 bits per heavy atom. The number of rotatable bonds is 0. The minimum Gasteiger partial charge on any atom is -0.328 e. The first kappa shape index (κ1) is 11.7. The Labute approximate surface area is 99.0 Å². The molecular weight excluding hydrogens is 222 g/mol. The molecule has 3 N–H and O–H groups in total. The maximum atomic E-state index is 11.2. The number of fused-ring (bicyclic) bond motifs is 1. The van der Waals surface area contributed by atoms with Gasteiger partial charge in [0.1, 0.15) is 0 Å². The largest absolute Gasteiger partial charge is 0.328 e. The molecule has 0 atom stereocenters. The molecule has 2 aliphatic rings. The van der Waals surface area contributed by atoms with Gasteiger partial charge in [0, 0.05) is 17.4 Å². The van der Waals surface area contributed by atoms with Crippen LogP contribution < -0.4 is 11.3 Å². The van der Waals surface area contributed by atoms with Crippen LogP contribution in [0.3, 0.4) is 0 Å². The summed E-state index contributed by atoms with van der Waals surface area (Å²) in [6.45, 7) is 0. The number of aryl methyl sites for hydroxylation is 1. The Kier molecular flexibility index (Phi) is 4.01. The minimum absolute atomic E-state index is 0.0298. The second-order valence-electron chi connectivity index (χ2n) is 4.15. The summed E-state index contributed by atoms with van der Waals surface area (Å²) in [5, 5.41) is 0. The lowest BCUT2D eigenvalue weighted by Gasteiger charge is -2.18. The fraction of sp³-hybridized carbons (Fsp3) is 0.636. The highest BCUT2D eigenvalue weighted by Gasteiger charge is 2.12. The van der Waals surface area contributed by atoms with Crippen LogP contribution in [0.15, 0.2) is 11.1 Å². The third-order valence-corrected chi connectivity index (χ3v) is 3.90. The Balaban J connectivity index is 0.000000162. The van der Waals surface area contributed by atoms with Crippen LogP contribution in [0, 0.1) is 0 Å². The molecule has 1 aliphatic carbocycles. The molecule has 1 saturated carbocycles. The molecule has 1 aliphatic heterocycles. The van der Waals surface area contributed by atoms with Gasteiger partial charge in [-0.15, -0.1) is 0 Å². The summed E-state index contributed by atoms with van der Waals surface area (Å²) in [5.41, 5.74) is 7.25. The molecule has 1 aromatic heterocycles. The lowest BCUT2D eigenvalue weighted by molar-refractivity contribution is 0.418. The van der Waals surface area contributed by atoms with E-state index in [-0.39, 0.29) is 5.56 Å². The molecule has 0 radical (unpaired) electrons. The Bertz CT molecular complexity index is 400. The van der Waals surface area contributed by atoms with E-state index in [9.17, 15) is 4.79 Å². The number of H-pyrrole nitrogens is 1. The van der Waals surface area contributed by atoms with Gasteiger partial charge in [0.2, 0.25) is 0 Å². The van der Waals surface area contributed by atoms with E-state index < -0.39 is 0 Å². The number of aromatic amines is 1. The highest BCUT2D eigenvalue weighted by atomic mass is 32.2. The first-order valence-electron chi connectivity index (χ1n) is 5.66. The lowest BCUT2D eigenvalue weighted by atomic mass is 9.95. The molecule has 0 unspecified atom stereocenters. The molecule has 5 heteroatoms. The second-order valence-corrected chi connectivity index (χ2v) is 5.26. The van der Waals surface area contributed by atoms with Crippen molar-refractivity contribution in [2.45, 2.75) is 37.5 Å². The minimum atomic E-state index is 0.0298. The van der Waals surface area contributed by atoms with Gasteiger partial charge in [-0.3, -0.25) is 4.79 Å². The van der Waals surface area contributed by atoms with E-state index in [1.54, 1.807) is 11.8 Å². The van der Waals surface area contributed by atoms with Crippen LogP contribution in [0.4, 0.5) is 0 Å². The van der Waals surface area contributed by atoms with Crippen LogP contribution in [-0.2, 0) is 12.2 Å². The van der Waals surface area contributed by atoms with Crippen LogP contribution in [-0.4, -0.2) is 21.8 Å². The topological polar surface area (TPSA) is 71.8 Å². The number of nitrogens with zero attached hydrogens (tertiary/aromatic N) is 1. The second kappa shape index (κ2) is 5.50. The van der Waals surface area contributed by atoms with Crippen molar-refractivity contribution in [2.24, 2.45) is 5.73 Å². The molecule has 1 fully saturated rings. The molecule has 0 amide bonds. The maximum absolute atomic E-state index is 11.2. The summed E-state index contributed by atoms with van der Waals surface area (Å²) in [6, 6.07) is 0.565. The monoisotopic (exact) mass is 239 g/mol. The third-order valence-electron chi connectivity index (χ3n) is 2.92. The smallest absolute Gasteiger partial charge is 0.254 e. The summed E-state index contributed by atoms with van der Waals surface area (Å²) in [4.78, 5) is 17.8. The lowest BCUT2D eigenvalue weighted by Crippen LogP contribution is -2.27. The molecule has 0 bridgehead atoms. The summed E-state index contributed by atoms with van der Waals surface area (Å²) >= 11 is 1.79. The number of nitrogens with one attached hydrogen (secondary N) is 1. The highest BCUT2D eigenvalue weighted by Crippen LogP contribution is 2.18. The van der Waals surface area contributed by atoms with Crippen LogP contribution in [0.1, 0.15) is 30.5 Å². The van der Waals surface area contributed by atoms with Gasteiger partial charge >= 0.3 is 0 Å². The number of hydrogen-bond acceptors (Lipinski definition) is 4. The molecule has 4 nitrogen and oxygen atoms in total. The maximum Gasteiger partial charge on any atom is 0.254 e. The van der Waals surface area contributed by atoms with Gasteiger partial charge in [-0.05, 0) is 25.0 Å². The molecular formula is C11H17N3OS. The van der Waals surface area contributed by atoms with Crippen LogP contribution in [0.25, 0.3) is 0 Å². The number of thioether (sulfide) groups is 1. The van der Waals surface area contributed by atoms with Gasteiger partial charge in [0.15, 0.2) is 0 Å². The van der Waals surface area contributed by atoms with Gasteiger partial charge in [-0.1, -0.05) is 6.42 Å². The van der Waals surface area contributed by atoms with Crippen molar-refractivity contribution in [1.29, 1.82) is 0 Å². The van der Waals surface area contributed by atoms with Gasteiger partial charge in [0.25, 0.3) is 5.56 Å². The van der Waals surface area contributed by atoms with Gasteiger partial charge < -0.3 is 10.7 Å². The highest BCUT2D eigenvalue weighted by molar-refractivity contribution is 7.98. The van der Waals surface area contributed by atoms with E-state index in [2.05, 4.69) is 9.97 Å². The van der Waals surface area contributed by atoms with Gasteiger partial charge in [0.05, 0.1) is 12.0 Å². The normalized spacial score (nSPS) is 19.1. The fourth-order valence-corrected chi connectivity index (χ4v) is 2.60. The predicted octanol–water partition coefficient (Wildman–Crippen LogP) is 1.06. The van der Waals surface area contributed by atoms with Crippen molar-refractivity contribution in [3.05, 3.63) is 27.9 Å². The Morgan fingerprint density at radius 3 is 2.81 bits per heavy atom. The summed E-state index contributed by atoms with van der Waals surface area (Å²) in [7, 11) is 0. The van der Waals surface area contributed by atoms with Gasteiger partial charge in [-0.2, -0.15) is 11.8 Å². The van der Waals surface area contributed by atoms with E-state index >= 15 is 0 Å². The van der Waals surface area contributed by atoms with E-state index in [4.69, 9.17) is 5.73 Å².